The molecule has 0 fully saturated rings. The van der Waals surface area contributed by atoms with Crippen molar-refractivity contribution in [3.8, 4) is 0 Å². The molecule has 3 rings (SSSR count). The average Bonchev–Trinajstić information content (AvgIpc) is 3.12. The second-order valence-corrected chi connectivity index (χ2v) is 6.40. The lowest BCUT2D eigenvalue weighted by Crippen LogP contribution is -2.02. The molecule has 2 heterocycles. The number of carbonyl (C=O) groups is 1. The van der Waals surface area contributed by atoms with E-state index in [4.69, 9.17) is 23.2 Å². The van der Waals surface area contributed by atoms with Crippen LogP contribution >= 0.6 is 23.2 Å². The molecule has 1 aromatic carbocycles. The van der Waals surface area contributed by atoms with Gasteiger partial charge in [-0.3, -0.25) is 9.48 Å². The van der Waals surface area contributed by atoms with Gasteiger partial charge in [-0.2, -0.15) is 10.2 Å². The van der Waals surface area contributed by atoms with Gasteiger partial charge in [0.25, 0.3) is 0 Å². The van der Waals surface area contributed by atoms with Crippen molar-refractivity contribution in [1.82, 2.24) is 19.6 Å². The van der Waals surface area contributed by atoms with E-state index in [-0.39, 0.29) is 5.78 Å². The van der Waals surface area contributed by atoms with Gasteiger partial charge in [0.1, 0.15) is 5.15 Å². The van der Waals surface area contributed by atoms with Gasteiger partial charge in [0.2, 0.25) is 0 Å². The van der Waals surface area contributed by atoms with Crippen molar-refractivity contribution in [3.05, 3.63) is 75.3 Å². The SMILES string of the molecule is Cc1nn(Cc2ccccc2Cl)c(Cl)c1/C=C/C(=O)c1cnn(C)c1. The molecule has 0 bridgehead atoms. The predicted octanol–water partition coefficient (Wildman–Crippen LogP) is 4.18. The highest BCUT2D eigenvalue weighted by atomic mass is 35.5. The van der Waals surface area contributed by atoms with Crippen LogP contribution in [0.1, 0.15) is 27.2 Å². The highest BCUT2D eigenvalue weighted by Crippen LogP contribution is 2.24. The van der Waals surface area contributed by atoms with Crippen LogP contribution in [0.15, 0.2) is 42.7 Å². The molecule has 0 saturated heterocycles. The lowest BCUT2D eigenvalue weighted by Gasteiger charge is -2.05. The van der Waals surface area contributed by atoms with Crippen molar-refractivity contribution in [2.24, 2.45) is 7.05 Å². The van der Waals surface area contributed by atoms with E-state index in [0.29, 0.717) is 27.8 Å². The summed E-state index contributed by atoms with van der Waals surface area (Å²) < 4.78 is 3.26. The van der Waals surface area contributed by atoms with Gasteiger partial charge in [-0.15, -0.1) is 0 Å². The van der Waals surface area contributed by atoms with Crippen LogP contribution in [-0.4, -0.2) is 25.3 Å². The van der Waals surface area contributed by atoms with Crippen molar-refractivity contribution >= 4 is 35.1 Å². The molecule has 0 radical (unpaired) electrons. The summed E-state index contributed by atoms with van der Waals surface area (Å²) in [6.45, 7) is 2.31. The molecule has 0 aliphatic heterocycles. The zero-order valence-electron chi connectivity index (χ0n) is 13.8. The number of allylic oxidation sites excluding steroid dienone is 1. The summed E-state index contributed by atoms with van der Waals surface area (Å²) in [6, 6.07) is 7.55. The molecular weight excluding hydrogens is 359 g/mol. The second kappa shape index (κ2) is 7.25. The quantitative estimate of drug-likeness (QED) is 0.497. The normalized spacial score (nSPS) is 11.4. The average molecular weight is 375 g/mol. The number of aryl methyl sites for hydroxylation is 2. The summed E-state index contributed by atoms with van der Waals surface area (Å²) >= 11 is 12.6. The summed E-state index contributed by atoms with van der Waals surface area (Å²) in [5.41, 5.74) is 2.91. The molecule has 0 atom stereocenters. The Kier molecular flexibility index (Phi) is 5.06. The largest absolute Gasteiger partial charge is 0.289 e. The molecule has 0 N–H and O–H groups in total. The van der Waals surface area contributed by atoms with Crippen LogP contribution in [0.4, 0.5) is 0 Å². The summed E-state index contributed by atoms with van der Waals surface area (Å²) in [6.07, 6.45) is 6.36. The molecular formula is C18H16Cl2N4O. The topological polar surface area (TPSA) is 52.7 Å². The van der Waals surface area contributed by atoms with Crippen LogP contribution < -0.4 is 0 Å². The maximum atomic E-state index is 12.2. The monoisotopic (exact) mass is 374 g/mol. The van der Waals surface area contributed by atoms with Gasteiger partial charge in [0.05, 0.1) is 24.0 Å². The van der Waals surface area contributed by atoms with E-state index in [9.17, 15) is 4.79 Å². The first-order chi connectivity index (χ1) is 12.0. The minimum Gasteiger partial charge on any atom is -0.289 e. The molecule has 0 saturated carbocycles. The van der Waals surface area contributed by atoms with Crippen molar-refractivity contribution < 1.29 is 4.79 Å². The molecule has 7 heteroatoms. The summed E-state index contributed by atoms with van der Waals surface area (Å²) in [7, 11) is 1.76. The van der Waals surface area contributed by atoms with Crippen molar-refractivity contribution in [1.29, 1.82) is 0 Å². The number of hydrogen-bond acceptors (Lipinski definition) is 3. The number of carbonyl (C=O) groups excluding carboxylic acids is 1. The molecule has 0 aliphatic rings. The Labute approximate surface area is 155 Å². The zero-order chi connectivity index (χ0) is 18.0. The van der Waals surface area contributed by atoms with E-state index >= 15 is 0 Å². The van der Waals surface area contributed by atoms with Crippen LogP contribution in [0.5, 0.6) is 0 Å². The summed E-state index contributed by atoms with van der Waals surface area (Å²) in [5, 5.41) is 9.57. The molecule has 25 heavy (non-hydrogen) atoms. The fourth-order valence-corrected chi connectivity index (χ4v) is 2.95. The van der Waals surface area contributed by atoms with Crippen molar-refractivity contribution in [2.75, 3.05) is 0 Å². The van der Waals surface area contributed by atoms with Crippen LogP contribution in [0.2, 0.25) is 10.2 Å². The van der Waals surface area contributed by atoms with Crippen molar-refractivity contribution in [3.63, 3.8) is 0 Å². The molecule has 2 aromatic heterocycles. The maximum Gasteiger partial charge on any atom is 0.189 e. The summed E-state index contributed by atoms with van der Waals surface area (Å²) in [5.74, 6) is -0.137. The number of nitrogens with zero attached hydrogens (tertiary/aromatic N) is 4. The number of ketones is 1. The van der Waals surface area contributed by atoms with Gasteiger partial charge < -0.3 is 0 Å². The number of hydrogen-bond donors (Lipinski definition) is 0. The standard InChI is InChI=1S/C18H16Cl2N4O/c1-12-15(7-8-17(25)14-9-21-23(2)10-14)18(20)24(22-12)11-13-5-3-4-6-16(13)19/h3-10H,11H2,1-2H3/b8-7+. The van der Waals surface area contributed by atoms with E-state index < -0.39 is 0 Å². The number of aromatic nitrogens is 4. The van der Waals surface area contributed by atoms with Gasteiger partial charge >= 0.3 is 0 Å². The van der Waals surface area contributed by atoms with Gasteiger partial charge in [-0.25, -0.2) is 4.68 Å². The Bertz CT molecular complexity index is 956. The van der Waals surface area contributed by atoms with E-state index in [1.54, 1.807) is 28.7 Å². The van der Waals surface area contributed by atoms with E-state index in [1.165, 1.54) is 12.3 Å². The van der Waals surface area contributed by atoms with Crippen LogP contribution in [0.3, 0.4) is 0 Å². The first kappa shape index (κ1) is 17.5. The first-order valence-corrected chi connectivity index (χ1v) is 8.38. The Balaban J connectivity index is 1.83. The first-order valence-electron chi connectivity index (χ1n) is 7.63. The highest BCUT2D eigenvalue weighted by molar-refractivity contribution is 6.32. The lowest BCUT2D eigenvalue weighted by atomic mass is 10.2. The molecule has 0 spiro atoms. The lowest BCUT2D eigenvalue weighted by molar-refractivity contribution is 0.104. The third kappa shape index (κ3) is 3.83. The minimum absolute atomic E-state index is 0.137. The highest BCUT2D eigenvalue weighted by Gasteiger charge is 2.13. The van der Waals surface area contributed by atoms with Gasteiger partial charge in [0.15, 0.2) is 5.78 Å². The predicted molar refractivity (Wildman–Crippen MR) is 99.1 cm³/mol. The Morgan fingerprint density at radius 2 is 2.04 bits per heavy atom. The smallest absolute Gasteiger partial charge is 0.189 e. The number of rotatable bonds is 5. The molecule has 3 aromatic rings. The van der Waals surface area contributed by atoms with Crippen LogP contribution in [0, 0.1) is 6.92 Å². The minimum atomic E-state index is -0.137. The summed E-state index contributed by atoms with van der Waals surface area (Å²) in [4.78, 5) is 12.2. The molecule has 0 amide bonds. The third-order valence-electron chi connectivity index (χ3n) is 3.78. The van der Waals surface area contributed by atoms with E-state index in [0.717, 1.165) is 11.3 Å². The maximum absolute atomic E-state index is 12.2. The van der Waals surface area contributed by atoms with Gasteiger partial charge in [-0.1, -0.05) is 41.4 Å². The molecule has 5 nitrogen and oxygen atoms in total. The Morgan fingerprint density at radius 3 is 2.72 bits per heavy atom. The Hall–Kier alpha value is -2.37. The molecule has 128 valence electrons. The number of benzene rings is 1. The second-order valence-electron chi connectivity index (χ2n) is 5.64. The number of halogens is 2. The third-order valence-corrected chi connectivity index (χ3v) is 4.55. The van der Waals surface area contributed by atoms with E-state index in [1.807, 2.05) is 31.2 Å². The molecule has 0 aliphatic carbocycles. The van der Waals surface area contributed by atoms with E-state index in [2.05, 4.69) is 10.2 Å². The van der Waals surface area contributed by atoms with Crippen LogP contribution in [0.25, 0.3) is 6.08 Å². The fraction of sp³-hybridized carbons (Fsp3) is 0.167. The Morgan fingerprint density at radius 1 is 1.28 bits per heavy atom. The van der Waals surface area contributed by atoms with Gasteiger partial charge in [-0.05, 0) is 30.7 Å². The van der Waals surface area contributed by atoms with Gasteiger partial charge in [0, 0.05) is 23.8 Å². The van der Waals surface area contributed by atoms with Crippen LogP contribution in [-0.2, 0) is 13.6 Å². The van der Waals surface area contributed by atoms with Crippen molar-refractivity contribution in [2.45, 2.75) is 13.5 Å². The fourth-order valence-electron chi connectivity index (χ4n) is 2.45. The zero-order valence-corrected chi connectivity index (χ0v) is 15.3. The molecule has 0 unspecified atom stereocenters.